The van der Waals surface area contributed by atoms with E-state index in [4.69, 9.17) is 18.9 Å². The third kappa shape index (κ3) is 9.30. The molecule has 0 N–H and O–H groups in total. The fraction of sp³-hybridized carbons (Fsp3) is 0.846. The van der Waals surface area contributed by atoms with Gasteiger partial charge in [0.05, 0.1) is 0 Å². The Hall–Kier alpha value is -0.420. The summed E-state index contributed by atoms with van der Waals surface area (Å²) in [5, 5.41) is 0. The van der Waals surface area contributed by atoms with Crippen molar-refractivity contribution >= 4 is 0 Å². The maximum Gasteiger partial charge on any atom is 0.176 e. The Morgan fingerprint density at radius 3 is 1.65 bits per heavy atom. The molecular formula is C13H26O4. The molecular weight excluding hydrogens is 220 g/mol. The lowest BCUT2D eigenvalue weighted by Gasteiger charge is -2.16. The van der Waals surface area contributed by atoms with Crippen LogP contribution < -0.4 is 0 Å². The second kappa shape index (κ2) is 12.0. The predicted molar refractivity (Wildman–Crippen MR) is 67.8 cm³/mol. The van der Waals surface area contributed by atoms with Crippen molar-refractivity contribution < 1.29 is 18.9 Å². The molecule has 0 bridgehead atoms. The molecule has 0 heterocycles. The molecule has 0 aliphatic heterocycles. The van der Waals surface area contributed by atoms with Gasteiger partial charge in [-0.1, -0.05) is 6.08 Å². The Morgan fingerprint density at radius 1 is 0.765 bits per heavy atom. The Kier molecular flexibility index (Phi) is 11.8. The molecule has 0 aliphatic rings. The van der Waals surface area contributed by atoms with E-state index in [1.165, 1.54) is 0 Å². The molecule has 0 aromatic carbocycles. The monoisotopic (exact) mass is 246 g/mol. The van der Waals surface area contributed by atoms with Gasteiger partial charge in [-0.3, -0.25) is 0 Å². The molecule has 0 aromatic rings. The van der Waals surface area contributed by atoms with Crippen LogP contribution >= 0.6 is 0 Å². The van der Waals surface area contributed by atoms with Crippen molar-refractivity contribution in [3.05, 3.63) is 12.2 Å². The van der Waals surface area contributed by atoms with Gasteiger partial charge >= 0.3 is 0 Å². The molecule has 0 saturated heterocycles. The van der Waals surface area contributed by atoms with Gasteiger partial charge in [-0.15, -0.1) is 0 Å². The summed E-state index contributed by atoms with van der Waals surface area (Å²) >= 11 is 0. The summed E-state index contributed by atoms with van der Waals surface area (Å²) in [5.41, 5.74) is 0. The summed E-state index contributed by atoms with van der Waals surface area (Å²) in [4.78, 5) is 0. The van der Waals surface area contributed by atoms with Gasteiger partial charge in [0, 0.05) is 32.8 Å². The van der Waals surface area contributed by atoms with Gasteiger partial charge in [-0.25, -0.2) is 0 Å². The highest BCUT2D eigenvalue weighted by atomic mass is 16.7. The molecule has 102 valence electrons. The lowest BCUT2D eigenvalue weighted by atomic mass is 10.3. The van der Waals surface area contributed by atoms with Crippen molar-refractivity contribution in [2.45, 2.75) is 46.7 Å². The molecule has 0 rings (SSSR count). The van der Waals surface area contributed by atoms with Crippen molar-refractivity contribution in [3.63, 3.8) is 0 Å². The fourth-order valence-electron chi connectivity index (χ4n) is 1.34. The van der Waals surface area contributed by atoms with E-state index in [0.717, 1.165) is 0 Å². The molecule has 0 aromatic heterocycles. The standard InChI is InChI=1S/C13H26O4/c1-5-14-12(15-6-2)10-9-11-13(16-7-3)17-8-4/h9-10,12-13H,5-8,11H2,1-4H3. The average molecular weight is 246 g/mol. The molecule has 0 amide bonds. The first-order valence-electron chi connectivity index (χ1n) is 6.41. The molecule has 0 aliphatic carbocycles. The largest absolute Gasteiger partial charge is 0.353 e. The lowest BCUT2D eigenvalue weighted by Crippen LogP contribution is -2.17. The summed E-state index contributed by atoms with van der Waals surface area (Å²) in [6.45, 7) is 10.4. The Morgan fingerprint density at radius 2 is 1.24 bits per heavy atom. The third-order valence-electron chi connectivity index (χ3n) is 1.99. The maximum atomic E-state index is 5.43. The Balaban J connectivity index is 3.99. The second-order valence-corrected chi connectivity index (χ2v) is 3.28. The van der Waals surface area contributed by atoms with Crippen molar-refractivity contribution in [2.75, 3.05) is 26.4 Å². The molecule has 4 heteroatoms. The van der Waals surface area contributed by atoms with Gasteiger partial charge in [0.15, 0.2) is 12.6 Å². The van der Waals surface area contributed by atoms with Gasteiger partial charge in [0.25, 0.3) is 0 Å². The van der Waals surface area contributed by atoms with Gasteiger partial charge in [-0.2, -0.15) is 0 Å². The summed E-state index contributed by atoms with van der Waals surface area (Å²) in [6, 6.07) is 0. The van der Waals surface area contributed by atoms with Crippen LogP contribution in [0, 0.1) is 0 Å². The van der Waals surface area contributed by atoms with E-state index in [0.29, 0.717) is 32.8 Å². The van der Waals surface area contributed by atoms with Crippen LogP contribution in [0.4, 0.5) is 0 Å². The maximum absolute atomic E-state index is 5.43. The van der Waals surface area contributed by atoms with Gasteiger partial charge in [0.2, 0.25) is 0 Å². The SMILES string of the molecule is CCOC(C=CCC(OCC)OCC)OCC. The average Bonchev–Trinajstić information content (AvgIpc) is 2.30. The van der Waals surface area contributed by atoms with E-state index in [-0.39, 0.29) is 12.6 Å². The highest BCUT2D eigenvalue weighted by Gasteiger charge is 2.06. The van der Waals surface area contributed by atoms with E-state index in [1.54, 1.807) is 0 Å². The fourth-order valence-corrected chi connectivity index (χ4v) is 1.34. The Bertz CT molecular complexity index is 170. The molecule has 0 saturated carbocycles. The second-order valence-electron chi connectivity index (χ2n) is 3.28. The summed E-state index contributed by atoms with van der Waals surface area (Å²) < 4.78 is 21.6. The predicted octanol–water partition coefficient (Wildman–Crippen LogP) is 2.73. The van der Waals surface area contributed by atoms with Crippen LogP contribution in [0.2, 0.25) is 0 Å². The van der Waals surface area contributed by atoms with Crippen molar-refractivity contribution in [1.82, 2.24) is 0 Å². The summed E-state index contributed by atoms with van der Waals surface area (Å²) in [5.74, 6) is 0. The summed E-state index contributed by atoms with van der Waals surface area (Å²) in [6.07, 6.45) is 4.14. The quantitative estimate of drug-likeness (QED) is 0.415. The minimum atomic E-state index is -0.270. The molecule has 0 unspecified atom stereocenters. The van der Waals surface area contributed by atoms with E-state index in [2.05, 4.69) is 0 Å². The zero-order chi connectivity index (χ0) is 12.9. The normalized spacial score (nSPS) is 12.1. The topological polar surface area (TPSA) is 36.9 Å². The highest BCUT2D eigenvalue weighted by Crippen LogP contribution is 2.04. The van der Waals surface area contributed by atoms with Crippen LogP contribution in [-0.4, -0.2) is 39.0 Å². The Labute approximate surface area is 105 Å². The van der Waals surface area contributed by atoms with Crippen molar-refractivity contribution in [1.29, 1.82) is 0 Å². The van der Waals surface area contributed by atoms with Crippen molar-refractivity contribution in [2.24, 2.45) is 0 Å². The molecule has 0 fully saturated rings. The van der Waals surface area contributed by atoms with Crippen LogP contribution in [0.25, 0.3) is 0 Å². The van der Waals surface area contributed by atoms with Gasteiger partial charge in [-0.05, 0) is 33.8 Å². The molecule has 4 nitrogen and oxygen atoms in total. The number of hydrogen-bond donors (Lipinski definition) is 0. The molecule has 17 heavy (non-hydrogen) atoms. The zero-order valence-corrected chi connectivity index (χ0v) is 11.5. The van der Waals surface area contributed by atoms with Crippen LogP contribution in [0.3, 0.4) is 0 Å². The van der Waals surface area contributed by atoms with E-state index < -0.39 is 0 Å². The van der Waals surface area contributed by atoms with E-state index in [1.807, 2.05) is 39.8 Å². The number of ether oxygens (including phenoxy) is 4. The van der Waals surface area contributed by atoms with Crippen molar-refractivity contribution in [3.8, 4) is 0 Å². The third-order valence-corrected chi connectivity index (χ3v) is 1.99. The first kappa shape index (κ1) is 16.6. The highest BCUT2D eigenvalue weighted by molar-refractivity contribution is 4.86. The number of rotatable bonds is 11. The lowest BCUT2D eigenvalue weighted by molar-refractivity contribution is -0.133. The first-order chi connectivity index (χ1) is 8.28. The number of hydrogen-bond acceptors (Lipinski definition) is 4. The van der Waals surface area contributed by atoms with Gasteiger partial charge < -0.3 is 18.9 Å². The smallest absolute Gasteiger partial charge is 0.176 e. The van der Waals surface area contributed by atoms with Crippen LogP contribution in [-0.2, 0) is 18.9 Å². The summed E-state index contributed by atoms with van der Waals surface area (Å²) in [7, 11) is 0. The van der Waals surface area contributed by atoms with Crippen LogP contribution in [0.5, 0.6) is 0 Å². The molecule has 0 radical (unpaired) electrons. The van der Waals surface area contributed by atoms with E-state index >= 15 is 0 Å². The minimum Gasteiger partial charge on any atom is -0.353 e. The minimum absolute atomic E-state index is 0.176. The van der Waals surface area contributed by atoms with Gasteiger partial charge in [0.1, 0.15) is 0 Å². The molecule has 0 spiro atoms. The van der Waals surface area contributed by atoms with E-state index in [9.17, 15) is 0 Å². The molecule has 0 atom stereocenters. The zero-order valence-electron chi connectivity index (χ0n) is 11.5. The van der Waals surface area contributed by atoms with Crippen LogP contribution in [0.1, 0.15) is 34.1 Å². The first-order valence-corrected chi connectivity index (χ1v) is 6.41. The van der Waals surface area contributed by atoms with Crippen LogP contribution in [0.15, 0.2) is 12.2 Å².